The van der Waals surface area contributed by atoms with Crippen molar-refractivity contribution in [1.29, 1.82) is 0 Å². The molecule has 1 aliphatic carbocycles. The summed E-state index contributed by atoms with van der Waals surface area (Å²) in [4.78, 5) is 6.70. The number of hydrogen-bond donors (Lipinski definition) is 1. The molecule has 3 heteroatoms. The molecule has 0 radical (unpaired) electrons. The highest BCUT2D eigenvalue weighted by molar-refractivity contribution is 6.05. The summed E-state index contributed by atoms with van der Waals surface area (Å²) in [5.41, 5.74) is 4.81. The Labute approximate surface area is 136 Å². The molecule has 2 heterocycles. The quantitative estimate of drug-likeness (QED) is 0.879. The summed E-state index contributed by atoms with van der Waals surface area (Å²) < 4.78 is 0. The van der Waals surface area contributed by atoms with Gasteiger partial charge in [0.25, 0.3) is 0 Å². The molecule has 0 amide bonds. The maximum absolute atomic E-state index is 11.7. The van der Waals surface area contributed by atoms with Crippen molar-refractivity contribution in [1.82, 2.24) is 4.90 Å². The number of amidine groups is 1. The van der Waals surface area contributed by atoms with E-state index in [9.17, 15) is 5.11 Å². The van der Waals surface area contributed by atoms with E-state index in [-0.39, 0.29) is 0 Å². The van der Waals surface area contributed by atoms with Crippen molar-refractivity contribution < 1.29 is 5.11 Å². The van der Waals surface area contributed by atoms with Crippen LogP contribution in [0.2, 0.25) is 0 Å². The minimum Gasteiger partial charge on any atom is -0.363 e. The first-order chi connectivity index (χ1) is 11.3. The van der Waals surface area contributed by atoms with Crippen LogP contribution < -0.4 is 0 Å². The maximum atomic E-state index is 11.7. The van der Waals surface area contributed by atoms with Gasteiger partial charge in [-0.3, -0.25) is 4.99 Å². The Balaban J connectivity index is 1.71. The summed E-state index contributed by atoms with van der Waals surface area (Å²) in [7, 11) is 0. The molecule has 0 saturated carbocycles. The zero-order valence-corrected chi connectivity index (χ0v) is 13.1. The van der Waals surface area contributed by atoms with Crippen LogP contribution in [0.4, 0.5) is 0 Å². The third kappa shape index (κ3) is 1.71. The minimum atomic E-state index is -1.07. The summed E-state index contributed by atoms with van der Waals surface area (Å²) in [6.07, 6.45) is 4.83. The largest absolute Gasteiger partial charge is 0.363 e. The van der Waals surface area contributed by atoms with Crippen molar-refractivity contribution in [2.24, 2.45) is 4.99 Å². The van der Waals surface area contributed by atoms with Crippen molar-refractivity contribution in [2.45, 2.75) is 31.4 Å². The zero-order chi connectivity index (χ0) is 15.4. The Morgan fingerprint density at radius 1 is 1.00 bits per heavy atom. The predicted molar refractivity (Wildman–Crippen MR) is 90.6 cm³/mol. The molecule has 1 unspecified atom stereocenters. The summed E-state index contributed by atoms with van der Waals surface area (Å²) in [6.45, 7) is 1.54. The van der Waals surface area contributed by atoms with E-state index >= 15 is 0 Å². The van der Waals surface area contributed by atoms with Gasteiger partial charge in [-0.05, 0) is 36.8 Å². The maximum Gasteiger partial charge on any atom is 0.193 e. The van der Waals surface area contributed by atoms with Gasteiger partial charge in [0, 0.05) is 23.2 Å². The molecule has 0 bridgehead atoms. The van der Waals surface area contributed by atoms with E-state index in [0.717, 1.165) is 42.0 Å². The number of benzene rings is 2. The number of hydrogen-bond acceptors (Lipinski definition) is 3. The third-order valence-corrected chi connectivity index (χ3v) is 5.53. The third-order valence-electron chi connectivity index (χ3n) is 5.53. The van der Waals surface area contributed by atoms with E-state index < -0.39 is 5.72 Å². The van der Waals surface area contributed by atoms with Gasteiger partial charge in [-0.15, -0.1) is 0 Å². The first kappa shape index (κ1) is 13.3. The fourth-order valence-electron chi connectivity index (χ4n) is 4.38. The molecule has 1 N–H and O–H groups in total. The van der Waals surface area contributed by atoms with Gasteiger partial charge in [-0.1, -0.05) is 42.5 Å². The Hall–Kier alpha value is -2.13. The van der Waals surface area contributed by atoms with Crippen LogP contribution in [0.15, 0.2) is 47.5 Å². The second-order valence-corrected chi connectivity index (χ2v) is 6.77. The second kappa shape index (κ2) is 4.68. The molecule has 3 nitrogen and oxygen atoms in total. The molecule has 5 rings (SSSR count). The van der Waals surface area contributed by atoms with Crippen LogP contribution in [0.3, 0.4) is 0 Å². The SMILES string of the molecule is OC1(c2ccc3c(c2)CCCC3)c2ccccc2C2=NCCN21. The topological polar surface area (TPSA) is 35.8 Å². The smallest absolute Gasteiger partial charge is 0.193 e. The van der Waals surface area contributed by atoms with Crippen LogP contribution in [0.1, 0.15) is 40.7 Å². The lowest BCUT2D eigenvalue weighted by atomic mass is 9.86. The number of aliphatic imine (C=N–C) groups is 1. The summed E-state index contributed by atoms with van der Waals surface area (Å²) >= 11 is 0. The molecule has 3 aliphatic rings. The first-order valence-corrected chi connectivity index (χ1v) is 8.55. The molecule has 2 aromatic rings. The van der Waals surface area contributed by atoms with E-state index in [2.05, 4.69) is 34.2 Å². The molecule has 2 aromatic carbocycles. The van der Waals surface area contributed by atoms with Crippen molar-refractivity contribution >= 4 is 5.84 Å². The number of nitrogens with zero attached hydrogens (tertiary/aromatic N) is 2. The van der Waals surface area contributed by atoms with Gasteiger partial charge in [0.05, 0.1) is 6.54 Å². The van der Waals surface area contributed by atoms with Crippen LogP contribution in [-0.2, 0) is 18.6 Å². The highest BCUT2D eigenvalue weighted by Gasteiger charge is 2.49. The molecule has 23 heavy (non-hydrogen) atoms. The summed E-state index contributed by atoms with van der Waals surface area (Å²) in [6, 6.07) is 14.7. The number of aryl methyl sites for hydroxylation is 2. The fourth-order valence-corrected chi connectivity index (χ4v) is 4.38. The lowest BCUT2D eigenvalue weighted by Gasteiger charge is -2.34. The molecule has 2 aliphatic heterocycles. The van der Waals surface area contributed by atoms with Gasteiger partial charge in [0.2, 0.25) is 0 Å². The summed E-state index contributed by atoms with van der Waals surface area (Å²) in [5.74, 6) is 0.945. The van der Waals surface area contributed by atoms with Crippen molar-refractivity contribution in [2.75, 3.05) is 13.1 Å². The lowest BCUT2D eigenvalue weighted by Crippen LogP contribution is -2.43. The Kier molecular flexibility index (Phi) is 2.71. The predicted octanol–water partition coefficient (Wildman–Crippen LogP) is 2.83. The Morgan fingerprint density at radius 2 is 1.83 bits per heavy atom. The average Bonchev–Trinajstić information content (AvgIpc) is 3.18. The van der Waals surface area contributed by atoms with Gasteiger partial charge < -0.3 is 10.0 Å². The standard InChI is InChI=1S/C20H20N2O/c23-20(16-10-9-14-5-1-2-6-15(14)13-16)18-8-4-3-7-17(18)19-21-11-12-22(19)20/h3-4,7-10,13,23H,1-2,5-6,11-12H2. The van der Waals surface area contributed by atoms with Crippen LogP contribution in [0, 0.1) is 0 Å². The first-order valence-electron chi connectivity index (χ1n) is 8.55. The van der Waals surface area contributed by atoms with Gasteiger partial charge in [-0.2, -0.15) is 0 Å². The van der Waals surface area contributed by atoms with Crippen LogP contribution in [0.25, 0.3) is 0 Å². The molecule has 1 atom stereocenters. The Morgan fingerprint density at radius 3 is 2.74 bits per heavy atom. The van der Waals surface area contributed by atoms with Gasteiger partial charge in [-0.25, -0.2) is 0 Å². The Bertz CT molecular complexity index is 826. The van der Waals surface area contributed by atoms with Crippen LogP contribution in [-0.4, -0.2) is 28.9 Å². The van der Waals surface area contributed by atoms with E-state index in [0.29, 0.717) is 0 Å². The van der Waals surface area contributed by atoms with E-state index in [1.165, 1.54) is 30.4 Å². The molecule has 0 spiro atoms. The average molecular weight is 304 g/mol. The molecular formula is C20H20N2O. The lowest BCUT2D eigenvalue weighted by molar-refractivity contribution is -0.0243. The molecule has 116 valence electrons. The molecular weight excluding hydrogens is 284 g/mol. The van der Waals surface area contributed by atoms with E-state index in [4.69, 9.17) is 0 Å². The monoisotopic (exact) mass is 304 g/mol. The highest BCUT2D eigenvalue weighted by atomic mass is 16.3. The number of rotatable bonds is 1. The van der Waals surface area contributed by atoms with Crippen molar-refractivity contribution in [3.05, 3.63) is 70.3 Å². The summed E-state index contributed by atoms with van der Waals surface area (Å²) in [5, 5.41) is 11.7. The number of fused-ring (bicyclic) bond motifs is 4. The highest BCUT2D eigenvalue weighted by Crippen LogP contribution is 2.44. The number of aliphatic hydroxyl groups is 1. The molecule has 0 saturated heterocycles. The van der Waals surface area contributed by atoms with Gasteiger partial charge in [0.1, 0.15) is 5.84 Å². The van der Waals surface area contributed by atoms with E-state index in [1.807, 2.05) is 18.2 Å². The van der Waals surface area contributed by atoms with Crippen LogP contribution in [0.5, 0.6) is 0 Å². The van der Waals surface area contributed by atoms with Crippen molar-refractivity contribution in [3.8, 4) is 0 Å². The van der Waals surface area contributed by atoms with Gasteiger partial charge >= 0.3 is 0 Å². The minimum absolute atomic E-state index is 0.761. The normalized spacial score (nSPS) is 24.9. The second-order valence-electron chi connectivity index (χ2n) is 6.77. The molecule has 0 fully saturated rings. The van der Waals surface area contributed by atoms with Crippen LogP contribution >= 0.6 is 0 Å². The molecule has 0 aromatic heterocycles. The van der Waals surface area contributed by atoms with E-state index in [1.54, 1.807) is 0 Å². The fraction of sp³-hybridized carbons (Fsp3) is 0.350. The van der Waals surface area contributed by atoms with Gasteiger partial charge in [0.15, 0.2) is 5.72 Å². The zero-order valence-electron chi connectivity index (χ0n) is 13.1. The van der Waals surface area contributed by atoms with Crippen molar-refractivity contribution in [3.63, 3.8) is 0 Å².